The number of ether oxygens (including phenoxy) is 3. The number of halogens is 1. The maximum Gasteiger partial charge on any atom is 0.226 e. The Kier molecular flexibility index (Phi) is 5.15. The molecule has 0 radical (unpaired) electrons. The quantitative estimate of drug-likeness (QED) is 0.392. The average molecular weight is 487 g/mol. The molecular weight excluding hydrogens is 464 g/mol. The van der Waals surface area contributed by atoms with Crippen molar-refractivity contribution in [2.45, 2.75) is 19.1 Å². The standard InChI is InChI=1S/C27H23ClN4O3/c1-15-7-9-16(10-8-15)24-22-23(31-27-29-14-30-32(24)27)19-13-17(28)11-12-20(19)35-26(22)18-5-4-6-21(33-2)25(18)34-3/h4-14,24,26H,1-3H3,(H,29,30,31)/t24-,26-/m0/s1. The van der Waals surface area contributed by atoms with Crippen LogP contribution < -0.4 is 19.5 Å². The van der Waals surface area contributed by atoms with E-state index in [0.29, 0.717) is 28.2 Å². The normalized spacial score (nSPS) is 18.1. The molecule has 0 saturated carbocycles. The van der Waals surface area contributed by atoms with Gasteiger partial charge in [0.2, 0.25) is 5.95 Å². The first-order valence-electron chi connectivity index (χ1n) is 11.2. The van der Waals surface area contributed by atoms with Crippen LogP contribution in [0.4, 0.5) is 5.95 Å². The zero-order valence-electron chi connectivity index (χ0n) is 19.4. The summed E-state index contributed by atoms with van der Waals surface area (Å²) < 4.78 is 20.0. The fraction of sp³-hybridized carbons (Fsp3) is 0.185. The maximum atomic E-state index is 6.70. The fourth-order valence-corrected chi connectivity index (χ4v) is 5.06. The van der Waals surface area contributed by atoms with Crippen LogP contribution in [0.2, 0.25) is 5.02 Å². The van der Waals surface area contributed by atoms with Gasteiger partial charge in [-0.3, -0.25) is 0 Å². The van der Waals surface area contributed by atoms with Gasteiger partial charge in [0.25, 0.3) is 0 Å². The molecule has 0 bridgehead atoms. The number of anilines is 1. The lowest BCUT2D eigenvalue weighted by molar-refractivity contribution is 0.216. The van der Waals surface area contributed by atoms with Gasteiger partial charge in [0.15, 0.2) is 17.6 Å². The van der Waals surface area contributed by atoms with Gasteiger partial charge in [-0.05, 0) is 36.8 Å². The number of methoxy groups -OCH3 is 2. The molecule has 3 heterocycles. The summed E-state index contributed by atoms with van der Waals surface area (Å²) in [7, 11) is 3.27. The molecule has 0 aliphatic carbocycles. The molecule has 2 atom stereocenters. The Morgan fingerprint density at radius 1 is 1.03 bits per heavy atom. The molecule has 176 valence electrons. The van der Waals surface area contributed by atoms with Gasteiger partial charge >= 0.3 is 0 Å². The van der Waals surface area contributed by atoms with Gasteiger partial charge in [0.1, 0.15) is 18.1 Å². The number of nitrogens with one attached hydrogen (secondary N) is 1. The molecule has 1 N–H and O–H groups in total. The van der Waals surface area contributed by atoms with Crippen LogP contribution in [0.1, 0.15) is 34.4 Å². The maximum absolute atomic E-state index is 6.70. The molecule has 35 heavy (non-hydrogen) atoms. The van der Waals surface area contributed by atoms with Crippen LogP contribution in [0.5, 0.6) is 17.2 Å². The fourth-order valence-electron chi connectivity index (χ4n) is 4.89. The van der Waals surface area contributed by atoms with Crippen molar-refractivity contribution in [3.05, 3.63) is 99.8 Å². The minimum atomic E-state index is -0.486. The van der Waals surface area contributed by atoms with Gasteiger partial charge in [-0.15, -0.1) is 0 Å². The van der Waals surface area contributed by atoms with Crippen LogP contribution in [0.25, 0.3) is 5.70 Å². The molecule has 0 amide bonds. The van der Waals surface area contributed by atoms with E-state index >= 15 is 0 Å². The summed E-state index contributed by atoms with van der Waals surface area (Å²) in [6, 6.07) is 19.6. The second kappa shape index (κ2) is 8.36. The number of hydrogen-bond acceptors (Lipinski definition) is 6. The molecule has 0 spiro atoms. The summed E-state index contributed by atoms with van der Waals surface area (Å²) in [6.45, 7) is 2.07. The number of aryl methyl sites for hydroxylation is 1. The van der Waals surface area contributed by atoms with E-state index in [9.17, 15) is 0 Å². The van der Waals surface area contributed by atoms with Crippen molar-refractivity contribution in [1.29, 1.82) is 0 Å². The average Bonchev–Trinajstić information content (AvgIpc) is 3.35. The number of rotatable bonds is 4. The Morgan fingerprint density at radius 3 is 2.63 bits per heavy atom. The van der Waals surface area contributed by atoms with Crippen molar-refractivity contribution in [2.75, 3.05) is 19.5 Å². The number of nitrogens with zero attached hydrogens (tertiary/aromatic N) is 3. The third-order valence-electron chi connectivity index (χ3n) is 6.48. The predicted octanol–water partition coefficient (Wildman–Crippen LogP) is 5.82. The summed E-state index contributed by atoms with van der Waals surface area (Å²) in [6.07, 6.45) is 1.07. The lowest BCUT2D eigenvalue weighted by atomic mass is 9.84. The minimum Gasteiger partial charge on any atom is -0.493 e. The second-order valence-electron chi connectivity index (χ2n) is 8.52. The number of hydrogen-bond donors (Lipinski definition) is 1. The monoisotopic (exact) mass is 486 g/mol. The van der Waals surface area contributed by atoms with E-state index in [4.69, 9.17) is 25.8 Å². The second-order valence-corrected chi connectivity index (χ2v) is 8.95. The lowest BCUT2D eigenvalue weighted by Gasteiger charge is -2.39. The van der Waals surface area contributed by atoms with Crippen LogP contribution in [-0.4, -0.2) is 29.0 Å². The summed E-state index contributed by atoms with van der Waals surface area (Å²) in [5, 5.41) is 8.70. The third-order valence-corrected chi connectivity index (χ3v) is 6.72. The van der Waals surface area contributed by atoms with Gasteiger partial charge in [0, 0.05) is 21.7 Å². The molecule has 0 saturated heterocycles. The van der Waals surface area contributed by atoms with Crippen LogP contribution in [0.15, 0.2) is 72.6 Å². The van der Waals surface area contributed by atoms with Crippen molar-refractivity contribution < 1.29 is 14.2 Å². The first kappa shape index (κ1) is 21.6. The Balaban J connectivity index is 1.65. The first-order chi connectivity index (χ1) is 17.1. The molecule has 3 aromatic carbocycles. The lowest BCUT2D eigenvalue weighted by Crippen LogP contribution is -2.32. The van der Waals surface area contributed by atoms with E-state index in [1.807, 2.05) is 41.1 Å². The largest absolute Gasteiger partial charge is 0.493 e. The molecule has 2 aliphatic rings. The molecule has 2 aliphatic heterocycles. The highest BCUT2D eigenvalue weighted by atomic mass is 35.5. The summed E-state index contributed by atoms with van der Waals surface area (Å²) in [4.78, 5) is 4.48. The third kappa shape index (κ3) is 3.42. The number of para-hydroxylation sites is 1. The van der Waals surface area contributed by atoms with E-state index in [0.717, 1.165) is 28.0 Å². The van der Waals surface area contributed by atoms with Crippen molar-refractivity contribution in [2.24, 2.45) is 0 Å². The van der Waals surface area contributed by atoms with E-state index in [1.54, 1.807) is 20.5 Å². The van der Waals surface area contributed by atoms with Crippen LogP contribution >= 0.6 is 11.6 Å². The molecular formula is C27H23ClN4O3. The van der Waals surface area contributed by atoms with Gasteiger partial charge in [-0.1, -0.05) is 53.6 Å². The summed E-state index contributed by atoms with van der Waals surface area (Å²) in [5.41, 5.74) is 5.85. The van der Waals surface area contributed by atoms with Crippen LogP contribution in [-0.2, 0) is 0 Å². The van der Waals surface area contributed by atoms with E-state index < -0.39 is 6.10 Å². The first-order valence-corrected chi connectivity index (χ1v) is 11.6. The van der Waals surface area contributed by atoms with Crippen molar-refractivity contribution >= 4 is 23.2 Å². The molecule has 8 heteroatoms. The minimum absolute atomic E-state index is 0.266. The van der Waals surface area contributed by atoms with Crippen molar-refractivity contribution in [1.82, 2.24) is 14.8 Å². The number of fused-ring (bicyclic) bond motifs is 3. The highest BCUT2D eigenvalue weighted by Crippen LogP contribution is 2.53. The summed E-state index contributed by atoms with van der Waals surface area (Å²) >= 11 is 6.42. The van der Waals surface area contributed by atoms with Crippen molar-refractivity contribution in [3.8, 4) is 17.2 Å². The zero-order chi connectivity index (χ0) is 24.1. The van der Waals surface area contributed by atoms with Crippen molar-refractivity contribution in [3.63, 3.8) is 0 Å². The van der Waals surface area contributed by atoms with Gasteiger partial charge in [0.05, 0.1) is 19.9 Å². The molecule has 6 rings (SSSR count). The van der Waals surface area contributed by atoms with Gasteiger partial charge in [-0.2, -0.15) is 10.1 Å². The molecule has 7 nitrogen and oxygen atoms in total. The van der Waals surface area contributed by atoms with Crippen LogP contribution in [0.3, 0.4) is 0 Å². The Hall–Kier alpha value is -3.97. The van der Waals surface area contributed by atoms with E-state index in [2.05, 4.69) is 46.6 Å². The SMILES string of the molecule is COc1cccc([C@@H]2Oc3ccc(Cl)cc3C3=C2[C@H](c2ccc(C)cc2)n2ncnc2N3)c1OC. The Morgan fingerprint density at radius 2 is 1.86 bits per heavy atom. The Labute approximate surface area is 207 Å². The topological polar surface area (TPSA) is 70.4 Å². The smallest absolute Gasteiger partial charge is 0.226 e. The summed E-state index contributed by atoms with van der Waals surface area (Å²) in [5.74, 6) is 2.62. The highest BCUT2D eigenvalue weighted by molar-refractivity contribution is 6.30. The number of benzene rings is 3. The zero-order valence-corrected chi connectivity index (χ0v) is 20.2. The van der Waals surface area contributed by atoms with Gasteiger partial charge < -0.3 is 19.5 Å². The highest BCUT2D eigenvalue weighted by Gasteiger charge is 2.42. The molecule has 1 aromatic heterocycles. The molecule has 0 unspecified atom stereocenters. The number of aromatic nitrogens is 3. The van der Waals surface area contributed by atoms with Crippen LogP contribution in [0, 0.1) is 6.92 Å². The van der Waals surface area contributed by atoms with Gasteiger partial charge in [-0.25, -0.2) is 4.68 Å². The molecule has 4 aromatic rings. The molecule has 0 fully saturated rings. The predicted molar refractivity (Wildman–Crippen MR) is 134 cm³/mol. The Bertz CT molecular complexity index is 1460. The van der Waals surface area contributed by atoms with E-state index in [-0.39, 0.29) is 6.04 Å². The van der Waals surface area contributed by atoms with E-state index in [1.165, 1.54) is 5.56 Å².